The van der Waals surface area contributed by atoms with Crippen molar-refractivity contribution in [2.45, 2.75) is 32.4 Å². The summed E-state index contributed by atoms with van der Waals surface area (Å²) in [5, 5.41) is 7.79. The summed E-state index contributed by atoms with van der Waals surface area (Å²) >= 11 is 0. The van der Waals surface area contributed by atoms with Crippen LogP contribution in [0.3, 0.4) is 0 Å². The number of aromatic nitrogens is 3. The van der Waals surface area contributed by atoms with Gasteiger partial charge in [-0.25, -0.2) is 0 Å². The van der Waals surface area contributed by atoms with Crippen molar-refractivity contribution in [2.24, 2.45) is 0 Å². The molecule has 3 aromatic rings. The highest BCUT2D eigenvalue weighted by atomic mass is 16.5. The van der Waals surface area contributed by atoms with Gasteiger partial charge in [0, 0.05) is 49.6 Å². The molecule has 0 aromatic carbocycles. The highest BCUT2D eigenvalue weighted by molar-refractivity contribution is 5.95. The number of carbonyl (C=O) groups excluding carboxylic acids is 1. The van der Waals surface area contributed by atoms with Gasteiger partial charge in [-0.3, -0.25) is 14.5 Å². The number of pyridine rings is 1. The van der Waals surface area contributed by atoms with Crippen LogP contribution < -0.4 is 5.32 Å². The van der Waals surface area contributed by atoms with Crippen molar-refractivity contribution in [2.75, 3.05) is 33.3 Å². The van der Waals surface area contributed by atoms with Crippen molar-refractivity contribution < 1.29 is 13.9 Å². The van der Waals surface area contributed by atoms with E-state index in [1.807, 2.05) is 29.8 Å². The van der Waals surface area contributed by atoms with Gasteiger partial charge in [-0.2, -0.15) is 5.10 Å². The molecule has 1 aliphatic heterocycles. The summed E-state index contributed by atoms with van der Waals surface area (Å²) in [4.78, 5) is 19.5. The summed E-state index contributed by atoms with van der Waals surface area (Å²) in [6, 6.07) is 5.88. The lowest BCUT2D eigenvalue weighted by atomic mass is 9.93. The van der Waals surface area contributed by atoms with Crippen molar-refractivity contribution in [3.05, 3.63) is 58.9 Å². The minimum absolute atomic E-state index is 0.00138. The highest BCUT2D eigenvalue weighted by Crippen LogP contribution is 2.38. The molecular weight excluding hydrogens is 394 g/mol. The molecule has 4 heterocycles. The molecule has 1 aliphatic carbocycles. The number of amides is 1. The van der Waals surface area contributed by atoms with E-state index in [0.29, 0.717) is 25.5 Å². The molecule has 8 heteroatoms. The molecule has 0 radical (unpaired) electrons. The van der Waals surface area contributed by atoms with Crippen molar-refractivity contribution in [3.63, 3.8) is 0 Å². The Kier molecular flexibility index (Phi) is 5.33. The number of nitrogens with one attached hydrogen (secondary N) is 1. The van der Waals surface area contributed by atoms with Gasteiger partial charge in [0.2, 0.25) is 0 Å². The highest BCUT2D eigenvalue weighted by Gasteiger charge is 2.30. The van der Waals surface area contributed by atoms with Gasteiger partial charge in [-0.1, -0.05) is 6.07 Å². The van der Waals surface area contributed by atoms with E-state index in [4.69, 9.17) is 14.3 Å². The molecule has 31 heavy (non-hydrogen) atoms. The fourth-order valence-electron chi connectivity index (χ4n) is 4.40. The van der Waals surface area contributed by atoms with Gasteiger partial charge in [0.05, 0.1) is 30.6 Å². The van der Waals surface area contributed by atoms with Crippen LogP contribution in [0.1, 0.15) is 33.1 Å². The molecule has 2 aliphatic rings. The van der Waals surface area contributed by atoms with Crippen molar-refractivity contribution in [3.8, 4) is 11.3 Å². The molecule has 3 aromatic heterocycles. The van der Waals surface area contributed by atoms with Gasteiger partial charge < -0.3 is 19.4 Å². The van der Waals surface area contributed by atoms with E-state index in [-0.39, 0.29) is 12.0 Å². The van der Waals surface area contributed by atoms with E-state index in [1.165, 1.54) is 5.56 Å². The van der Waals surface area contributed by atoms with Crippen LogP contribution in [0.25, 0.3) is 11.3 Å². The third-order valence-corrected chi connectivity index (χ3v) is 6.00. The zero-order chi connectivity index (χ0) is 21.4. The number of likely N-dealkylation sites (N-methyl/N-ethyl adjacent to an activating group) is 1. The van der Waals surface area contributed by atoms with Gasteiger partial charge in [0.1, 0.15) is 5.76 Å². The van der Waals surface area contributed by atoms with Gasteiger partial charge in [-0.05, 0) is 38.1 Å². The maximum absolute atomic E-state index is 12.9. The number of ether oxygens (including phenoxy) is 1. The zero-order valence-corrected chi connectivity index (χ0v) is 17.9. The Morgan fingerprint density at radius 1 is 1.32 bits per heavy atom. The van der Waals surface area contributed by atoms with E-state index < -0.39 is 0 Å². The van der Waals surface area contributed by atoms with E-state index in [0.717, 1.165) is 54.2 Å². The molecule has 1 N–H and O–H groups in total. The molecule has 1 atom stereocenters. The Morgan fingerprint density at radius 2 is 2.23 bits per heavy atom. The second kappa shape index (κ2) is 8.28. The number of rotatable bonds is 5. The first-order valence-electron chi connectivity index (χ1n) is 10.8. The maximum Gasteiger partial charge on any atom is 0.287 e. The van der Waals surface area contributed by atoms with Crippen LogP contribution in [0.15, 0.2) is 35.0 Å². The first-order valence-corrected chi connectivity index (χ1v) is 10.8. The summed E-state index contributed by atoms with van der Waals surface area (Å²) in [6.45, 7) is 5.44. The lowest BCUT2D eigenvalue weighted by Gasteiger charge is -2.29. The molecule has 5 rings (SSSR count). The average Bonchev–Trinajstić information content (AvgIpc) is 3.33. The zero-order valence-electron chi connectivity index (χ0n) is 17.9. The van der Waals surface area contributed by atoms with Crippen molar-refractivity contribution in [1.29, 1.82) is 0 Å². The number of fused-ring (bicyclic) bond motifs is 3. The quantitative estimate of drug-likeness (QED) is 0.679. The number of aryl methyl sites for hydroxylation is 2. The number of hydrogen-bond donors (Lipinski definition) is 1. The van der Waals surface area contributed by atoms with Crippen LogP contribution in [-0.4, -0.2) is 65.0 Å². The number of nitrogens with zero attached hydrogens (tertiary/aromatic N) is 4. The second-order valence-corrected chi connectivity index (χ2v) is 8.34. The van der Waals surface area contributed by atoms with Crippen LogP contribution in [-0.2, 0) is 24.1 Å². The lowest BCUT2D eigenvalue weighted by molar-refractivity contribution is -0.0176. The summed E-state index contributed by atoms with van der Waals surface area (Å²) in [5.74, 6) is 1.02. The lowest BCUT2D eigenvalue weighted by Crippen LogP contribution is -2.45. The molecule has 1 saturated heterocycles. The predicted molar refractivity (Wildman–Crippen MR) is 115 cm³/mol. The molecule has 0 spiro atoms. The Morgan fingerprint density at radius 3 is 3.03 bits per heavy atom. The summed E-state index contributed by atoms with van der Waals surface area (Å²) in [6.07, 6.45) is 5.48. The standard InChI is InChI=1S/C23H27N5O3/c1-15-20-19(31-22(15)23(29)25-11-18-14-27(2)9-10-30-18)7-6-16-12-28(26-21(16)20)13-17-5-3-4-8-24-17/h3-5,8,12,18H,6-7,9-11,13-14H2,1-2H3,(H,25,29)/t18-/m1/s1. The average molecular weight is 422 g/mol. The summed E-state index contributed by atoms with van der Waals surface area (Å²) in [5.41, 5.74) is 4.85. The van der Waals surface area contributed by atoms with Crippen LogP contribution >= 0.6 is 0 Å². The van der Waals surface area contributed by atoms with Crippen LogP contribution in [0.2, 0.25) is 0 Å². The number of furan rings is 1. The summed E-state index contributed by atoms with van der Waals surface area (Å²) < 4.78 is 13.7. The van der Waals surface area contributed by atoms with Gasteiger partial charge >= 0.3 is 0 Å². The van der Waals surface area contributed by atoms with Gasteiger partial charge in [0.15, 0.2) is 5.76 Å². The number of carbonyl (C=O) groups is 1. The molecule has 0 bridgehead atoms. The minimum atomic E-state index is -0.196. The van der Waals surface area contributed by atoms with Crippen molar-refractivity contribution >= 4 is 5.91 Å². The monoisotopic (exact) mass is 421 g/mol. The minimum Gasteiger partial charge on any atom is -0.455 e. The molecule has 162 valence electrons. The van der Waals surface area contributed by atoms with Crippen LogP contribution in [0.5, 0.6) is 0 Å². The van der Waals surface area contributed by atoms with E-state index in [9.17, 15) is 4.79 Å². The fraction of sp³-hybridized carbons (Fsp3) is 0.435. The molecule has 0 saturated carbocycles. The Hall–Kier alpha value is -2.97. The third kappa shape index (κ3) is 4.00. The molecular formula is C23H27N5O3. The van der Waals surface area contributed by atoms with Gasteiger partial charge in [-0.15, -0.1) is 0 Å². The van der Waals surface area contributed by atoms with E-state index in [2.05, 4.69) is 28.4 Å². The smallest absolute Gasteiger partial charge is 0.287 e. The number of morpholine rings is 1. The summed E-state index contributed by atoms with van der Waals surface area (Å²) in [7, 11) is 2.06. The Labute approximate surface area is 181 Å². The topological polar surface area (TPSA) is 85.4 Å². The van der Waals surface area contributed by atoms with Crippen LogP contribution in [0, 0.1) is 6.92 Å². The van der Waals surface area contributed by atoms with Crippen LogP contribution in [0.4, 0.5) is 0 Å². The van der Waals surface area contributed by atoms with Crippen molar-refractivity contribution in [1.82, 2.24) is 25.0 Å². The second-order valence-electron chi connectivity index (χ2n) is 8.34. The largest absolute Gasteiger partial charge is 0.455 e. The Balaban J connectivity index is 1.34. The normalized spacial score (nSPS) is 18.5. The van der Waals surface area contributed by atoms with E-state index >= 15 is 0 Å². The van der Waals surface area contributed by atoms with E-state index in [1.54, 1.807) is 6.20 Å². The van der Waals surface area contributed by atoms with Gasteiger partial charge in [0.25, 0.3) is 5.91 Å². The predicted octanol–water partition coefficient (Wildman–Crippen LogP) is 2.05. The first-order chi connectivity index (χ1) is 15.1. The number of hydrogen-bond acceptors (Lipinski definition) is 6. The Bertz CT molecular complexity index is 1090. The maximum atomic E-state index is 12.9. The molecule has 1 fully saturated rings. The SMILES string of the molecule is Cc1c(C(=O)NC[C@@H]2CN(C)CCO2)oc2c1-c1nn(Cc3ccccn3)cc1CC2. The molecule has 8 nitrogen and oxygen atoms in total. The first kappa shape index (κ1) is 20.0. The third-order valence-electron chi connectivity index (χ3n) is 6.00. The molecule has 1 amide bonds. The fourth-order valence-corrected chi connectivity index (χ4v) is 4.40. The molecule has 0 unspecified atom stereocenters.